The third kappa shape index (κ3) is 1.49. The molecular weight excluding hydrogens is 174 g/mol. The van der Waals surface area contributed by atoms with Crippen LogP contribution >= 0.6 is 0 Å². The van der Waals surface area contributed by atoms with Gasteiger partial charge in [0, 0.05) is 24.4 Å². The number of benzene rings is 1. The van der Waals surface area contributed by atoms with Crippen LogP contribution in [-0.2, 0) is 4.79 Å². The van der Waals surface area contributed by atoms with E-state index in [9.17, 15) is 4.79 Å². The Morgan fingerprint density at radius 2 is 2.21 bits per heavy atom. The zero-order valence-electron chi connectivity index (χ0n) is 7.79. The summed E-state index contributed by atoms with van der Waals surface area (Å²) < 4.78 is 0. The lowest BCUT2D eigenvalue weighted by Crippen LogP contribution is -2.13. The highest BCUT2D eigenvalue weighted by Gasteiger charge is 2.24. The van der Waals surface area contributed by atoms with Crippen LogP contribution in [0.4, 0.5) is 0 Å². The Labute approximate surface area is 83.3 Å². The van der Waals surface area contributed by atoms with Crippen LogP contribution in [-0.4, -0.2) is 12.5 Å². The number of terminal acetylenes is 1. The van der Waals surface area contributed by atoms with Gasteiger partial charge in [0.15, 0.2) is 0 Å². The Balaban J connectivity index is 2.33. The molecule has 1 atom stereocenters. The standard InChI is InChI=1S/C12H11NO/c1-2-9-5-3-4-6-11(9)10-7-12(14)13-8-10/h1,3-6,10H,7-8H2,(H,13,14). The van der Waals surface area contributed by atoms with Gasteiger partial charge in [0.25, 0.3) is 0 Å². The van der Waals surface area contributed by atoms with E-state index < -0.39 is 0 Å². The summed E-state index contributed by atoms with van der Waals surface area (Å²) in [7, 11) is 0. The van der Waals surface area contributed by atoms with Crippen molar-refractivity contribution < 1.29 is 4.79 Å². The number of rotatable bonds is 1. The fourth-order valence-corrected chi connectivity index (χ4v) is 1.81. The van der Waals surface area contributed by atoms with Crippen molar-refractivity contribution in [2.75, 3.05) is 6.54 Å². The van der Waals surface area contributed by atoms with Gasteiger partial charge in [-0.1, -0.05) is 24.1 Å². The Kier molecular flexibility index (Phi) is 2.24. The summed E-state index contributed by atoms with van der Waals surface area (Å²) in [5.74, 6) is 3.01. The fraction of sp³-hybridized carbons (Fsp3) is 0.250. The predicted molar refractivity (Wildman–Crippen MR) is 54.7 cm³/mol. The minimum atomic E-state index is 0.113. The van der Waals surface area contributed by atoms with Crippen LogP contribution in [0.2, 0.25) is 0 Å². The average molecular weight is 185 g/mol. The molecule has 0 bridgehead atoms. The molecule has 1 aliphatic rings. The van der Waals surface area contributed by atoms with Crippen LogP contribution in [0.1, 0.15) is 23.5 Å². The quantitative estimate of drug-likeness (QED) is 0.656. The third-order valence-corrected chi connectivity index (χ3v) is 2.53. The first kappa shape index (κ1) is 8.83. The molecule has 1 unspecified atom stereocenters. The molecule has 1 aliphatic heterocycles. The van der Waals surface area contributed by atoms with Gasteiger partial charge >= 0.3 is 0 Å². The first-order valence-electron chi connectivity index (χ1n) is 4.63. The van der Waals surface area contributed by atoms with Crippen LogP contribution in [0, 0.1) is 12.3 Å². The second-order valence-electron chi connectivity index (χ2n) is 3.44. The summed E-state index contributed by atoms with van der Waals surface area (Å²) in [4.78, 5) is 11.1. The van der Waals surface area contributed by atoms with Crippen molar-refractivity contribution in [1.82, 2.24) is 5.32 Å². The van der Waals surface area contributed by atoms with Crippen molar-refractivity contribution in [1.29, 1.82) is 0 Å². The van der Waals surface area contributed by atoms with Crippen LogP contribution < -0.4 is 5.32 Å². The summed E-state index contributed by atoms with van der Waals surface area (Å²) in [5.41, 5.74) is 2.00. The number of carbonyl (C=O) groups is 1. The maximum Gasteiger partial charge on any atom is 0.220 e. The van der Waals surface area contributed by atoms with E-state index in [1.165, 1.54) is 0 Å². The number of carbonyl (C=O) groups excluding carboxylic acids is 1. The predicted octanol–water partition coefficient (Wildman–Crippen LogP) is 1.27. The minimum Gasteiger partial charge on any atom is -0.355 e. The van der Waals surface area contributed by atoms with E-state index in [4.69, 9.17) is 6.42 Å². The maximum atomic E-state index is 11.1. The zero-order chi connectivity index (χ0) is 9.97. The molecule has 1 fully saturated rings. The van der Waals surface area contributed by atoms with Crippen molar-refractivity contribution >= 4 is 5.91 Å². The van der Waals surface area contributed by atoms with E-state index in [1.807, 2.05) is 24.3 Å². The molecule has 14 heavy (non-hydrogen) atoms. The van der Waals surface area contributed by atoms with Crippen LogP contribution in [0.15, 0.2) is 24.3 Å². The molecule has 70 valence electrons. The molecule has 2 nitrogen and oxygen atoms in total. The van der Waals surface area contributed by atoms with Gasteiger partial charge in [0.1, 0.15) is 0 Å². The number of amides is 1. The second kappa shape index (κ2) is 3.55. The molecule has 0 spiro atoms. The van der Waals surface area contributed by atoms with Crippen molar-refractivity contribution in [3.63, 3.8) is 0 Å². The molecule has 1 saturated heterocycles. The molecule has 0 saturated carbocycles. The lowest BCUT2D eigenvalue weighted by Gasteiger charge is -2.09. The fourth-order valence-electron chi connectivity index (χ4n) is 1.81. The molecule has 1 aromatic rings. The van der Waals surface area contributed by atoms with Crippen molar-refractivity contribution in [2.24, 2.45) is 0 Å². The van der Waals surface area contributed by atoms with E-state index >= 15 is 0 Å². The van der Waals surface area contributed by atoms with Gasteiger partial charge in [0.05, 0.1) is 0 Å². The summed E-state index contributed by atoms with van der Waals surface area (Å²) in [6.45, 7) is 0.706. The summed E-state index contributed by atoms with van der Waals surface area (Å²) >= 11 is 0. The van der Waals surface area contributed by atoms with E-state index in [2.05, 4.69) is 11.2 Å². The minimum absolute atomic E-state index is 0.113. The maximum absolute atomic E-state index is 11.1. The van der Waals surface area contributed by atoms with E-state index in [-0.39, 0.29) is 11.8 Å². The Bertz CT molecular complexity index is 403. The van der Waals surface area contributed by atoms with Crippen molar-refractivity contribution in [3.05, 3.63) is 35.4 Å². The smallest absolute Gasteiger partial charge is 0.220 e. The van der Waals surface area contributed by atoms with Gasteiger partial charge < -0.3 is 5.32 Å². The highest BCUT2D eigenvalue weighted by molar-refractivity contribution is 5.79. The van der Waals surface area contributed by atoms with E-state index in [0.29, 0.717) is 13.0 Å². The van der Waals surface area contributed by atoms with Gasteiger partial charge in [-0.05, 0) is 11.6 Å². The average Bonchev–Trinajstić information content (AvgIpc) is 2.65. The van der Waals surface area contributed by atoms with E-state index in [1.54, 1.807) is 0 Å². The first-order chi connectivity index (χ1) is 6.81. The molecule has 0 aromatic heterocycles. The van der Waals surface area contributed by atoms with Gasteiger partial charge in [0.2, 0.25) is 5.91 Å². The van der Waals surface area contributed by atoms with Crippen LogP contribution in [0.5, 0.6) is 0 Å². The molecule has 0 radical (unpaired) electrons. The van der Waals surface area contributed by atoms with Gasteiger partial charge in [-0.15, -0.1) is 6.42 Å². The highest BCUT2D eigenvalue weighted by Crippen LogP contribution is 2.25. The van der Waals surface area contributed by atoms with Crippen LogP contribution in [0.3, 0.4) is 0 Å². The molecule has 2 heteroatoms. The monoisotopic (exact) mass is 185 g/mol. The largest absolute Gasteiger partial charge is 0.355 e. The van der Waals surface area contributed by atoms with Gasteiger partial charge in [-0.3, -0.25) is 4.79 Å². The number of hydrogen-bond donors (Lipinski definition) is 1. The SMILES string of the molecule is C#Cc1ccccc1C1CNC(=O)C1. The van der Waals surface area contributed by atoms with Crippen LogP contribution in [0.25, 0.3) is 0 Å². The molecule has 1 amide bonds. The normalized spacial score (nSPS) is 20.2. The highest BCUT2D eigenvalue weighted by atomic mass is 16.1. The molecule has 1 N–H and O–H groups in total. The van der Waals surface area contributed by atoms with E-state index in [0.717, 1.165) is 11.1 Å². The third-order valence-electron chi connectivity index (χ3n) is 2.53. The summed E-state index contributed by atoms with van der Waals surface area (Å²) in [6, 6.07) is 7.79. The topological polar surface area (TPSA) is 29.1 Å². The van der Waals surface area contributed by atoms with Gasteiger partial charge in [-0.25, -0.2) is 0 Å². The number of nitrogens with one attached hydrogen (secondary N) is 1. The number of hydrogen-bond acceptors (Lipinski definition) is 1. The Morgan fingerprint density at radius 1 is 1.43 bits per heavy atom. The molecule has 1 aromatic carbocycles. The molecule has 0 aliphatic carbocycles. The van der Waals surface area contributed by atoms with Crippen molar-refractivity contribution in [2.45, 2.75) is 12.3 Å². The molecule has 1 heterocycles. The Hall–Kier alpha value is -1.75. The second-order valence-corrected chi connectivity index (χ2v) is 3.44. The molecule has 2 rings (SSSR count). The Morgan fingerprint density at radius 3 is 2.86 bits per heavy atom. The van der Waals surface area contributed by atoms with Crippen molar-refractivity contribution in [3.8, 4) is 12.3 Å². The lowest BCUT2D eigenvalue weighted by molar-refractivity contribution is -0.119. The summed E-state index contributed by atoms with van der Waals surface area (Å²) in [5, 5.41) is 2.81. The lowest BCUT2D eigenvalue weighted by atomic mass is 9.94. The van der Waals surface area contributed by atoms with Gasteiger partial charge in [-0.2, -0.15) is 0 Å². The first-order valence-corrected chi connectivity index (χ1v) is 4.63. The molecular formula is C12H11NO. The zero-order valence-corrected chi connectivity index (χ0v) is 7.79. The summed E-state index contributed by atoms with van der Waals surface area (Å²) in [6.07, 6.45) is 5.95.